The molecule has 1 aromatic carbocycles. The van der Waals surface area contributed by atoms with Crippen LogP contribution in [-0.4, -0.2) is 33.2 Å². The van der Waals surface area contributed by atoms with Gasteiger partial charge >= 0.3 is 6.18 Å². The minimum absolute atomic E-state index is 0.0636. The quantitative estimate of drug-likeness (QED) is 0.501. The van der Waals surface area contributed by atoms with Gasteiger partial charge in [0.15, 0.2) is 0 Å². The lowest BCUT2D eigenvalue weighted by Gasteiger charge is -2.31. The zero-order valence-electron chi connectivity index (χ0n) is 18.0. The number of carbonyl (C=O) groups excluding carboxylic acids is 1. The molecule has 0 spiro atoms. The van der Waals surface area contributed by atoms with E-state index < -0.39 is 11.9 Å². The largest absolute Gasteiger partial charge is 0.433 e. The third kappa shape index (κ3) is 4.87. The van der Waals surface area contributed by atoms with E-state index in [4.69, 9.17) is 0 Å². The molecule has 9 heteroatoms. The van der Waals surface area contributed by atoms with E-state index in [1.807, 2.05) is 13.8 Å². The fourth-order valence-electron chi connectivity index (χ4n) is 4.12. The van der Waals surface area contributed by atoms with Crippen molar-refractivity contribution in [2.75, 3.05) is 5.32 Å². The Labute approximate surface area is 184 Å². The number of H-pyrrole nitrogens is 1. The summed E-state index contributed by atoms with van der Waals surface area (Å²) in [5, 5.41) is 13.9. The van der Waals surface area contributed by atoms with Crippen molar-refractivity contribution in [3.8, 4) is 0 Å². The van der Waals surface area contributed by atoms with Gasteiger partial charge in [-0.1, -0.05) is 32.0 Å². The molecule has 3 aromatic rings. The van der Waals surface area contributed by atoms with E-state index in [-0.39, 0.29) is 23.9 Å². The Hall–Kier alpha value is -3.10. The van der Waals surface area contributed by atoms with Crippen LogP contribution in [0.4, 0.5) is 18.9 Å². The summed E-state index contributed by atoms with van der Waals surface area (Å²) in [6.07, 6.45) is -1.43. The van der Waals surface area contributed by atoms with Crippen LogP contribution in [0.1, 0.15) is 67.3 Å². The average Bonchev–Trinajstić information content (AvgIpc) is 3.24. The Balaban J connectivity index is 1.48. The summed E-state index contributed by atoms with van der Waals surface area (Å²) in [5.74, 6) is -0.00314. The lowest BCUT2D eigenvalue weighted by Crippen LogP contribution is -2.42. The van der Waals surface area contributed by atoms with E-state index in [0.29, 0.717) is 28.7 Å². The molecule has 32 heavy (non-hydrogen) atoms. The molecule has 0 radical (unpaired) electrons. The summed E-state index contributed by atoms with van der Waals surface area (Å²) < 4.78 is 40.0. The van der Waals surface area contributed by atoms with Crippen LogP contribution in [0.2, 0.25) is 0 Å². The zero-order chi connectivity index (χ0) is 22.9. The maximum absolute atomic E-state index is 13.3. The summed E-state index contributed by atoms with van der Waals surface area (Å²) in [6.45, 7) is 4.03. The number of alkyl halides is 3. The lowest BCUT2D eigenvalue weighted by atomic mass is 9.90. The Morgan fingerprint density at radius 2 is 1.91 bits per heavy atom. The van der Waals surface area contributed by atoms with Crippen LogP contribution in [-0.2, 0) is 6.18 Å². The van der Waals surface area contributed by atoms with Crippen LogP contribution in [0.15, 0.2) is 36.4 Å². The molecule has 1 saturated carbocycles. The van der Waals surface area contributed by atoms with Gasteiger partial charge in [-0.05, 0) is 49.8 Å². The molecule has 1 amide bonds. The molecular weight excluding hydrogens is 419 g/mol. The first-order chi connectivity index (χ1) is 15.2. The number of nitrogens with zero attached hydrogens (tertiary/aromatic N) is 2. The van der Waals surface area contributed by atoms with Gasteiger partial charge in [-0.3, -0.25) is 9.89 Å². The fraction of sp³-hybridized carbons (Fsp3) is 0.435. The number of halogens is 3. The van der Waals surface area contributed by atoms with Gasteiger partial charge in [-0.15, -0.1) is 0 Å². The summed E-state index contributed by atoms with van der Waals surface area (Å²) in [7, 11) is 0. The number of hydrogen-bond donors (Lipinski definition) is 3. The van der Waals surface area contributed by atoms with Gasteiger partial charge in [0, 0.05) is 28.9 Å². The van der Waals surface area contributed by atoms with E-state index in [9.17, 15) is 18.0 Å². The molecule has 0 bridgehead atoms. The lowest BCUT2D eigenvalue weighted by molar-refractivity contribution is -0.140. The van der Waals surface area contributed by atoms with Gasteiger partial charge in [-0.2, -0.15) is 18.3 Å². The van der Waals surface area contributed by atoms with Crippen molar-refractivity contribution in [3.63, 3.8) is 0 Å². The summed E-state index contributed by atoms with van der Waals surface area (Å²) in [5.41, 5.74) is 1.03. The molecule has 3 N–H and O–H groups in total. The number of carbonyl (C=O) groups is 1. The van der Waals surface area contributed by atoms with Gasteiger partial charge in [0.2, 0.25) is 0 Å². The minimum Gasteiger partial charge on any atom is -0.382 e. The molecule has 1 aliphatic carbocycles. The van der Waals surface area contributed by atoms with E-state index in [0.717, 1.165) is 31.0 Å². The molecule has 2 heterocycles. The molecule has 2 aromatic heterocycles. The van der Waals surface area contributed by atoms with Crippen molar-refractivity contribution in [1.82, 2.24) is 20.5 Å². The van der Waals surface area contributed by atoms with Crippen molar-refractivity contribution in [2.45, 2.75) is 63.7 Å². The van der Waals surface area contributed by atoms with Crippen LogP contribution >= 0.6 is 0 Å². The SMILES string of the molecule is CC(C)c1cc(C(=O)N[C@@H]2CCC[C@H](Nc3cc(C(F)(F)F)nc4ccccc34)C2)n[nH]1. The number of benzene rings is 1. The monoisotopic (exact) mass is 445 g/mol. The second-order valence-corrected chi connectivity index (χ2v) is 8.61. The molecule has 6 nitrogen and oxygen atoms in total. The standard InChI is InChI=1S/C23H26F3N5O/c1-13(2)18-11-20(31-30-18)22(32)28-15-7-5-6-14(10-15)27-19-12-21(23(24,25)26)29-17-9-4-3-8-16(17)19/h3-4,8-9,11-15H,5-7,10H2,1-2H3,(H,27,29)(H,28,32)(H,30,31)/t14-,15+/m0/s1. The topological polar surface area (TPSA) is 82.7 Å². The third-order valence-corrected chi connectivity index (χ3v) is 5.83. The van der Waals surface area contributed by atoms with E-state index >= 15 is 0 Å². The molecule has 1 fully saturated rings. The first-order valence-corrected chi connectivity index (χ1v) is 10.8. The second kappa shape index (κ2) is 8.80. The normalized spacial score (nSPS) is 19.3. The smallest absolute Gasteiger partial charge is 0.382 e. The molecule has 1 aliphatic rings. The van der Waals surface area contributed by atoms with Crippen molar-refractivity contribution in [1.29, 1.82) is 0 Å². The molecule has 0 saturated heterocycles. The van der Waals surface area contributed by atoms with Crippen LogP contribution in [0.3, 0.4) is 0 Å². The van der Waals surface area contributed by atoms with Crippen LogP contribution < -0.4 is 10.6 Å². The van der Waals surface area contributed by atoms with Gasteiger partial charge in [0.25, 0.3) is 5.91 Å². The second-order valence-electron chi connectivity index (χ2n) is 8.61. The molecule has 2 atom stereocenters. The van der Waals surface area contributed by atoms with Crippen molar-refractivity contribution >= 4 is 22.5 Å². The number of aromatic nitrogens is 3. The van der Waals surface area contributed by atoms with Gasteiger partial charge in [-0.25, -0.2) is 4.98 Å². The highest BCUT2D eigenvalue weighted by Gasteiger charge is 2.34. The highest BCUT2D eigenvalue weighted by Crippen LogP contribution is 2.34. The summed E-state index contributed by atoms with van der Waals surface area (Å²) in [4.78, 5) is 16.4. The Bertz CT molecular complexity index is 1110. The first kappa shape index (κ1) is 22.1. The number of rotatable bonds is 5. The maximum Gasteiger partial charge on any atom is 0.433 e. The maximum atomic E-state index is 13.3. The Morgan fingerprint density at radius 3 is 2.62 bits per heavy atom. The van der Waals surface area contributed by atoms with Gasteiger partial charge < -0.3 is 10.6 Å². The van der Waals surface area contributed by atoms with Gasteiger partial charge in [0.05, 0.1) is 5.52 Å². The zero-order valence-corrected chi connectivity index (χ0v) is 18.0. The number of nitrogens with one attached hydrogen (secondary N) is 3. The Morgan fingerprint density at radius 1 is 1.16 bits per heavy atom. The van der Waals surface area contributed by atoms with Gasteiger partial charge in [0.1, 0.15) is 11.4 Å². The molecular formula is C23H26F3N5O. The molecule has 0 unspecified atom stereocenters. The summed E-state index contributed by atoms with van der Waals surface area (Å²) >= 11 is 0. The number of aromatic amines is 1. The Kier molecular flexibility index (Phi) is 6.08. The van der Waals surface area contributed by atoms with E-state index in [2.05, 4.69) is 25.8 Å². The van der Waals surface area contributed by atoms with E-state index in [1.54, 1.807) is 30.3 Å². The van der Waals surface area contributed by atoms with Crippen molar-refractivity contribution in [2.24, 2.45) is 0 Å². The number of fused-ring (bicyclic) bond motifs is 1. The highest BCUT2D eigenvalue weighted by atomic mass is 19.4. The number of hydrogen-bond acceptors (Lipinski definition) is 4. The average molecular weight is 445 g/mol. The minimum atomic E-state index is -4.53. The summed E-state index contributed by atoms with van der Waals surface area (Å²) in [6, 6.07) is 9.47. The number of anilines is 1. The van der Waals surface area contributed by atoms with Crippen LogP contribution in [0.25, 0.3) is 10.9 Å². The fourth-order valence-corrected chi connectivity index (χ4v) is 4.12. The van der Waals surface area contributed by atoms with Crippen molar-refractivity contribution < 1.29 is 18.0 Å². The predicted octanol–water partition coefficient (Wildman–Crippen LogP) is 5.25. The van der Waals surface area contributed by atoms with Crippen molar-refractivity contribution in [3.05, 3.63) is 53.5 Å². The number of amides is 1. The number of pyridine rings is 1. The molecule has 0 aliphatic heterocycles. The predicted molar refractivity (Wildman–Crippen MR) is 117 cm³/mol. The van der Waals surface area contributed by atoms with Crippen LogP contribution in [0.5, 0.6) is 0 Å². The highest BCUT2D eigenvalue weighted by molar-refractivity contribution is 5.93. The van der Waals surface area contributed by atoms with Crippen LogP contribution in [0, 0.1) is 0 Å². The molecule has 170 valence electrons. The third-order valence-electron chi connectivity index (χ3n) is 5.83. The first-order valence-electron chi connectivity index (χ1n) is 10.8. The van der Waals surface area contributed by atoms with E-state index in [1.165, 1.54) is 0 Å². The number of para-hydroxylation sites is 1. The molecule has 4 rings (SSSR count).